The standard InChI is InChI=1S/C22H28O3/c1-17(15-19-11-7-4-8-12-19)20(21(16-23)22(24)25-2)14-13-18-9-5-3-6-10-18/h3-12,17,20-21,23H,13-16H2,1-2H3/t17?,20?,21-/m0/s1. The van der Waals surface area contributed by atoms with Crippen molar-refractivity contribution in [2.75, 3.05) is 13.7 Å². The van der Waals surface area contributed by atoms with E-state index in [4.69, 9.17) is 4.74 Å². The van der Waals surface area contributed by atoms with Crippen molar-refractivity contribution in [2.24, 2.45) is 17.8 Å². The maximum absolute atomic E-state index is 12.2. The van der Waals surface area contributed by atoms with E-state index in [1.807, 2.05) is 36.4 Å². The van der Waals surface area contributed by atoms with Gasteiger partial charge in [0.15, 0.2) is 0 Å². The van der Waals surface area contributed by atoms with E-state index in [2.05, 4.69) is 31.2 Å². The lowest BCUT2D eigenvalue weighted by molar-refractivity contribution is -0.150. The molecule has 1 N–H and O–H groups in total. The number of rotatable bonds is 9. The summed E-state index contributed by atoms with van der Waals surface area (Å²) in [5, 5.41) is 9.81. The minimum absolute atomic E-state index is 0.0675. The lowest BCUT2D eigenvalue weighted by Crippen LogP contribution is -2.33. The van der Waals surface area contributed by atoms with Crippen molar-refractivity contribution in [1.29, 1.82) is 0 Å². The van der Waals surface area contributed by atoms with Crippen LogP contribution in [0.3, 0.4) is 0 Å². The summed E-state index contributed by atoms with van der Waals surface area (Å²) >= 11 is 0. The molecule has 0 bridgehead atoms. The van der Waals surface area contributed by atoms with Gasteiger partial charge in [0.2, 0.25) is 0 Å². The van der Waals surface area contributed by atoms with Gasteiger partial charge in [0.05, 0.1) is 19.6 Å². The minimum Gasteiger partial charge on any atom is -0.469 e. The van der Waals surface area contributed by atoms with Gasteiger partial charge < -0.3 is 9.84 Å². The molecule has 0 aliphatic heterocycles. The van der Waals surface area contributed by atoms with Crippen LogP contribution >= 0.6 is 0 Å². The van der Waals surface area contributed by atoms with Gasteiger partial charge >= 0.3 is 5.97 Å². The van der Waals surface area contributed by atoms with Crippen LogP contribution in [0.15, 0.2) is 60.7 Å². The first kappa shape index (κ1) is 19.2. The molecule has 2 unspecified atom stereocenters. The molecule has 134 valence electrons. The first-order valence-corrected chi connectivity index (χ1v) is 8.92. The third-order valence-electron chi connectivity index (χ3n) is 4.96. The Morgan fingerprint density at radius 2 is 1.56 bits per heavy atom. The lowest BCUT2D eigenvalue weighted by atomic mass is 9.76. The number of esters is 1. The van der Waals surface area contributed by atoms with Crippen molar-refractivity contribution >= 4 is 5.97 Å². The van der Waals surface area contributed by atoms with Crippen LogP contribution in [0.25, 0.3) is 0 Å². The predicted octanol–water partition coefficient (Wildman–Crippen LogP) is 3.90. The minimum atomic E-state index is -0.479. The van der Waals surface area contributed by atoms with Crippen molar-refractivity contribution in [3.8, 4) is 0 Å². The number of carbonyl (C=O) groups excluding carboxylic acids is 1. The van der Waals surface area contributed by atoms with Crippen LogP contribution in [0.4, 0.5) is 0 Å². The zero-order chi connectivity index (χ0) is 18.1. The number of aliphatic hydroxyl groups excluding tert-OH is 1. The van der Waals surface area contributed by atoms with Gasteiger partial charge in [0.1, 0.15) is 0 Å². The second-order valence-corrected chi connectivity index (χ2v) is 6.67. The molecule has 3 heteroatoms. The monoisotopic (exact) mass is 340 g/mol. The third-order valence-corrected chi connectivity index (χ3v) is 4.96. The summed E-state index contributed by atoms with van der Waals surface area (Å²) in [6.45, 7) is 1.99. The van der Waals surface area contributed by atoms with Crippen molar-refractivity contribution in [2.45, 2.75) is 26.2 Å². The molecule has 3 nitrogen and oxygen atoms in total. The Balaban J connectivity index is 2.13. The summed E-state index contributed by atoms with van der Waals surface area (Å²) in [4.78, 5) is 12.2. The fourth-order valence-electron chi connectivity index (χ4n) is 3.53. The van der Waals surface area contributed by atoms with Crippen molar-refractivity contribution in [3.63, 3.8) is 0 Å². The molecule has 3 atom stereocenters. The molecule has 0 amide bonds. The zero-order valence-electron chi connectivity index (χ0n) is 15.1. The van der Waals surface area contributed by atoms with Gasteiger partial charge in [-0.3, -0.25) is 4.79 Å². The highest BCUT2D eigenvalue weighted by atomic mass is 16.5. The SMILES string of the molecule is COC(=O)[C@@H](CO)C(CCc1ccccc1)C(C)Cc1ccccc1. The van der Waals surface area contributed by atoms with Crippen LogP contribution in [0.5, 0.6) is 0 Å². The molecule has 25 heavy (non-hydrogen) atoms. The molecule has 0 aromatic heterocycles. The van der Waals surface area contributed by atoms with Gasteiger partial charge in [-0.1, -0.05) is 67.6 Å². The average Bonchev–Trinajstić information content (AvgIpc) is 2.66. The Morgan fingerprint density at radius 3 is 2.08 bits per heavy atom. The summed E-state index contributed by atoms with van der Waals surface area (Å²) in [6, 6.07) is 20.6. The van der Waals surface area contributed by atoms with Gasteiger partial charge in [0.25, 0.3) is 0 Å². The highest BCUT2D eigenvalue weighted by molar-refractivity contribution is 5.72. The first-order valence-electron chi connectivity index (χ1n) is 8.92. The third kappa shape index (κ3) is 5.71. The molecule has 0 aliphatic rings. The van der Waals surface area contributed by atoms with E-state index in [0.29, 0.717) is 0 Å². The number of aryl methyl sites for hydroxylation is 1. The largest absolute Gasteiger partial charge is 0.469 e. The fourth-order valence-corrected chi connectivity index (χ4v) is 3.53. The highest BCUT2D eigenvalue weighted by Crippen LogP contribution is 2.30. The summed E-state index contributed by atoms with van der Waals surface area (Å²) < 4.78 is 4.94. The van der Waals surface area contributed by atoms with Crippen LogP contribution in [-0.2, 0) is 22.4 Å². The molecule has 0 fully saturated rings. The normalized spacial score (nSPS) is 14.5. The number of carbonyl (C=O) groups is 1. The van der Waals surface area contributed by atoms with E-state index in [-0.39, 0.29) is 24.4 Å². The van der Waals surface area contributed by atoms with E-state index in [0.717, 1.165) is 19.3 Å². The number of hydrogen-bond acceptors (Lipinski definition) is 3. The van der Waals surface area contributed by atoms with Crippen LogP contribution in [0, 0.1) is 17.8 Å². The number of ether oxygens (including phenoxy) is 1. The predicted molar refractivity (Wildman–Crippen MR) is 100 cm³/mol. The summed E-state index contributed by atoms with van der Waals surface area (Å²) in [7, 11) is 1.39. The fraction of sp³-hybridized carbons (Fsp3) is 0.409. The lowest BCUT2D eigenvalue weighted by Gasteiger charge is -2.29. The van der Waals surface area contributed by atoms with Crippen molar-refractivity contribution < 1.29 is 14.6 Å². The van der Waals surface area contributed by atoms with Crippen LogP contribution in [0.2, 0.25) is 0 Å². The molecular formula is C22H28O3. The Morgan fingerprint density at radius 1 is 1.00 bits per heavy atom. The molecule has 0 saturated heterocycles. The quantitative estimate of drug-likeness (QED) is 0.704. The van der Waals surface area contributed by atoms with E-state index in [1.165, 1.54) is 18.2 Å². The zero-order valence-corrected chi connectivity index (χ0v) is 15.1. The summed E-state index contributed by atoms with van der Waals surface area (Å²) in [5.41, 5.74) is 2.50. The number of hydrogen-bond donors (Lipinski definition) is 1. The van der Waals surface area contributed by atoms with Gasteiger partial charge in [-0.05, 0) is 42.2 Å². The molecule has 2 aromatic carbocycles. The molecule has 0 spiro atoms. The van der Waals surface area contributed by atoms with Crippen molar-refractivity contribution in [1.82, 2.24) is 0 Å². The Bertz CT molecular complexity index is 624. The van der Waals surface area contributed by atoms with Crippen LogP contribution in [-0.4, -0.2) is 24.8 Å². The summed E-state index contributed by atoms with van der Waals surface area (Å²) in [5.74, 6) is -0.465. The van der Waals surface area contributed by atoms with Crippen molar-refractivity contribution in [3.05, 3.63) is 71.8 Å². The Labute approximate surface area is 150 Å². The number of benzene rings is 2. The first-order chi connectivity index (χ1) is 12.2. The molecule has 0 aliphatic carbocycles. The molecule has 2 aromatic rings. The topological polar surface area (TPSA) is 46.5 Å². The Kier molecular flexibility index (Phi) is 7.68. The maximum Gasteiger partial charge on any atom is 0.311 e. The van der Waals surface area contributed by atoms with E-state index >= 15 is 0 Å². The Hall–Kier alpha value is -2.13. The smallest absolute Gasteiger partial charge is 0.311 e. The number of aliphatic hydroxyl groups is 1. The van der Waals surface area contributed by atoms with E-state index in [9.17, 15) is 9.90 Å². The molecule has 0 radical (unpaired) electrons. The van der Waals surface area contributed by atoms with Gasteiger partial charge in [-0.15, -0.1) is 0 Å². The number of methoxy groups -OCH3 is 1. The maximum atomic E-state index is 12.2. The van der Waals surface area contributed by atoms with Crippen LogP contribution < -0.4 is 0 Å². The average molecular weight is 340 g/mol. The van der Waals surface area contributed by atoms with E-state index < -0.39 is 5.92 Å². The van der Waals surface area contributed by atoms with Gasteiger partial charge in [-0.2, -0.15) is 0 Å². The second kappa shape index (κ2) is 10.00. The van der Waals surface area contributed by atoms with Gasteiger partial charge in [-0.25, -0.2) is 0 Å². The molecular weight excluding hydrogens is 312 g/mol. The van der Waals surface area contributed by atoms with E-state index in [1.54, 1.807) is 0 Å². The molecule has 2 rings (SSSR count). The highest BCUT2D eigenvalue weighted by Gasteiger charge is 2.32. The summed E-state index contributed by atoms with van der Waals surface area (Å²) in [6.07, 6.45) is 2.62. The molecule has 0 saturated carbocycles. The molecule has 0 heterocycles. The van der Waals surface area contributed by atoms with Gasteiger partial charge in [0, 0.05) is 0 Å². The van der Waals surface area contributed by atoms with Crippen LogP contribution in [0.1, 0.15) is 24.5 Å². The second-order valence-electron chi connectivity index (χ2n) is 6.67.